The number of aromatic hydroxyl groups is 1. The van der Waals surface area contributed by atoms with Gasteiger partial charge < -0.3 is 29.3 Å². The first-order valence-electron chi connectivity index (χ1n) is 12.4. The number of rotatable bonds is 5. The van der Waals surface area contributed by atoms with Gasteiger partial charge in [-0.15, -0.1) is 0 Å². The summed E-state index contributed by atoms with van der Waals surface area (Å²) < 4.78 is 17.3. The van der Waals surface area contributed by atoms with Crippen molar-refractivity contribution in [3.05, 3.63) is 89.0 Å². The molecule has 2 heterocycles. The number of phenols is 1. The van der Waals surface area contributed by atoms with Crippen molar-refractivity contribution in [1.29, 1.82) is 0 Å². The molecule has 5 rings (SSSR count). The van der Waals surface area contributed by atoms with E-state index in [1.54, 1.807) is 30.3 Å². The number of ketones is 1. The molecule has 38 heavy (non-hydrogen) atoms. The third kappa shape index (κ3) is 4.89. The quantitative estimate of drug-likeness (QED) is 0.281. The SMILES string of the molecule is CC(C)(C)Oc1ccccc1CN1C(=O)C(=O)/C(=C(\O)c2ccc3c(c2)OCCO3)C1c1ccc(O)cc1. The summed E-state index contributed by atoms with van der Waals surface area (Å²) >= 11 is 0. The standard InChI is InChI=1S/C30H29NO7/c1-30(2,3)38-22-7-5-4-6-20(22)17-31-26(18-8-11-21(32)12-9-18)25(28(34)29(31)35)27(33)19-10-13-23-24(16-19)37-15-14-36-23/h4-13,16,26,32-33H,14-15,17H2,1-3H3/b27-25-. The summed E-state index contributed by atoms with van der Waals surface area (Å²) in [6.45, 7) is 6.65. The van der Waals surface area contributed by atoms with Crippen LogP contribution in [-0.4, -0.2) is 45.6 Å². The van der Waals surface area contributed by atoms with E-state index in [1.165, 1.54) is 17.0 Å². The number of benzene rings is 3. The van der Waals surface area contributed by atoms with Crippen LogP contribution in [0.3, 0.4) is 0 Å². The first-order valence-corrected chi connectivity index (χ1v) is 12.4. The minimum absolute atomic E-state index is 0.0430. The molecule has 0 aromatic heterocycles. The molecule has 2 aliphatic heterocycles. The second-order valence-corrected chi connectivity index (χ2v) is 10.2. The maximum atomic E-state index is 13.4. The molecule has 1 amide bonds. The lowest BCUT2D eigenvalue weighted by Crippen LogP contribution is -2.30. The number of para-hydroxylation sites is 1. The Balaban J connectivity index is 1.61. The number of likely N-dealkylation sites (tertiary alicyclic amines) is 1. The van der Waals surface area contributed by atoms with Gasteiger partial charge in [0.15, 0.2) is 11.5 Å². The van der Waals surface area contributed by atoms with Crippen molar-refractivity contribution >= 4 is 17.4 Å². The highest BCUT2D eigenvalue weighted by atomic mass is 16.6. The zero-order valence-electron chi connectivity index (χ0n) is 21.4. The van der Waals surface area contributed by atoms with Gasteiger partial charge in [-0.3, -0.25) is 9.59 Å². The first kappa shape index (κ1) is 25.2. The predicted molar refractivity (Wildman–Crippen MR) is 140 cm³/mol. The van der Waals surface area contributed by atoms with E-state index in [0.29, 0.717) is 47.2 Å². The van der Waals surface area contributed by atoms with Gasteiger partial charge in [0.25, 0.3) is 11.7 Å². The van der Waals surface area contributed by atoms with Gasteiger partial charge in [0.05, 0.1) is 18.2 Å². The van der Waals surface area contributed by atoms with Gasteiger partial charge in [0.1, 0.15) is 36.1 Å². The molecule has 1 fully saturated rings. The third-order valence-corrected chi connectivity index (χ3v) is 6.29. The summed E-state index contributed by atoms with van der Waals surface area (Å²) in [4.78, 5) is 28.3. The van der Waals surface area contributed by atoms with Crippen LogP contribution in [0.4, 0.5) is 0 Å². The number of ether oxygens (including phenoxy) is 3. The third-order valence-electron chi connectivity index (χ3n) is 6.29. The summed E-state index contributed by atoms with van der Waals surface area (Å²) in [6.07, 6.45) is 0. The van der Waals surface area contributed by atoms with E-state index in [9.17, 15) is 19.8 Å². The number of aliphatic hydroxyl groups excluding tert-OH is 1. The maximum absolute atomic E-state index is 13.4. The van der Waals surface area contributed by atoms with E-state index >= 15 is 0 Å². The van der Waals surface area contributed by atoms with Gasteiger partial charge in [0.2, 0.25) is 0 Å². The van der Waals surface area contributed by atoms with E-state index < -0.39 is 23.3 Å². The van der Waals surface area contributed by atoms with E-state index in [4.69, 9.17) is 14.2 Å². The molecule has 8 nitrogen and oxygen atoms in total. The second kappa shape index (κ2) is 9.78. The Kier molecular flexibility index (Phi) is 6.48. The molecule has 3 aromatic carbocycles. The van der Waals surface area contributed by atoms with Crippen LogP contribution < -0.4 is 14.2 Å². The van der Waals surface area contributed by atoms with Crippen molar-refractivity contribution in [2.75, 3.05) is 13.2 Å². The van der Waals surface area contributed by atoms with Crippen LogP contribution in [0, 0.1) is 0 Å². The number of nitrogens with zero attached hydrogens (tertiary/aromatic N) is 1. The van der Waals surface area contributed by atoms with Crippen molar-refractivity contribution in [2.45, 2.75) is 39.0 Å². The number of phenolic OH excluding ortho intramolecular Hbond substituents is 1. The number of carbonyl (C=O) groups is 2. The number of aliphatic hydroxyl groups is 1. The molecule has 3 aromatic rings. The molecule has 0 saturated carbocycles. The van der Waals surface area contributed by atoms with Crippen molar-refractivity contribution in [3.63, 3.8) is 0 Å². The van der Waals surface area contributed by atoms with Gasteiger partial charge in [-0.25, -0.2) is 0 Å². The number of hydrogen-bond acceptors (Lipinski definition) is 7. The summed E-state index contributed by atoms with van der Waals surface area (Å²) in [7, 11) is 0. The molecule has 1 unspecified atom stereocenters. The van der Waals surface area contributed by atoms with Crippen molar-refractivity contribution in [2.24, 2.45) is 0 Å². The molecule has 0 aliphatic carbocycles. The van der Waals surface area contributed by atoms with E-state index in [2.05, 4.69) is 0 Å². The molecule has 1 atom stereocenters. The van der Waals surface area contributed by atoms with Gasteiger partial charge in [0, 0.05) is 11.1 Å². The molecule has 1 saturated heterocycles. The van der Waals surface area contributed by atoms with Crippen LogP contribution in [0.1, 0.15) is 43.5 Å². The van der Waals surface area contributed by atoms with Gasteiger partial charge in [-0.05, 0) is 62.7 Å². The van der Waals surface area contributed by atoms with Crippen molar-refractivity contribution in [1.82, 2.24) is 4.90 Å². The molecule has 2 aliphatic rings. The maximum Gasteiger partial charge on any atom is 0.295 e. The summed E-state index contributed by atoms with van der Waals surface area (Å²) in [6, 6.07) is 17.6. The fourth-order valence-corrected chi connectivity index (χ4v) is 4.64. The fraction of sp³-hybridized carbons (Fsp3) is 0.267. The van der Waals surface area contributed by atoms with Crippen molar-refractivity contribution < 1.29 is 34.0 Å². The van der Waals surface area contributed by atoms with Crippen molar-refractivity contribution in [3.8, 4) is 23.0 Å². The van der Waals surface area contributed by atoms with Crippen LogP contribution in [0.25, 0.3) is 5.76 Å². The Morgan fingerprint density at radius 3 is 2.37 bits per heavy atom. The zero-order valence-corrected chi connectivity index (χ0v) is 21.4. The minimum Gasteiger partial charge on any atom is -0.508 e. The fourth-order valence-electron chi connectivity index (χ4n) is 4.64. The highest BCUT2D eigenvalue weighted by Crippen LogP contribution is 2.42. The molecule has 8 heteroatoms. The molecule has 0 bridgehead atoms. The highest BCUT2D eigenvalue weighted by molar-refractivity contribution is 6.46. The Hall–Kier alpha value is -4.46. The highest BCUT2D eigenvalue weighted by Gasteiger charge is 2.46. The summed E-state index contributed by atoms with van der Waals surface area (Å²) in [5.41, 5.74) is 1.08. The van der Waals surface area contributed by atoms with Crippen LogP contribution >= 0.6 is 0 Å². The number of carbonyl (C=O) groups excluding carboxylic acids is 2. The molecular weight excluding hydrogens is 486 g/mol. The molecule has 2 N–H and O–H groups in total. The Bertz CT molecular complexity index is 1420. The van der Waals surface area contributed by atoms with E-state index in [0.717, 1.165) is 0 Å². The number of hydrogen-bond donors (Lipinski definition) is 2. The molecular formula is C30H29NO7. The van der Waals surface area contributed by atoms with Gasteiger partial charge in [-0.1, -0.05) is 30.3 Å². The summed E-state index contributed by atoms with van der Waals surface area (Å²) in [5.74, 6) is -0.236. The van der Waals surface area contributed by atoms with Gasteiger partial charge in [-0.2, -0.15) is 0 Å². The average molecular weight is 516 g/mol. The monoisotopic (exact) mass is 515 g/mol. The van der Waals surface area contributed by atoms with Crippen LogP contribution in [0.15, 0.2) is 72.3 Å². The zero-order chi connectivity index (χ0) is 27.0. The Morgan fingerprint density at radius 1 is 0.974 bits per heavy atom. The topological polar surface area (TPSA) is 106 Å². The molecule has 0 spiro atoms. The molecule has 196 valence electrons. The lowest BCUT2D eigenvalue weighted by atomic mass is 9.95. The lowest BCUT2D eigenvalue weighted by molar-refractivity contribution is -0.140. The summed E-state index contributed by atoms with van der Waals surface area (Å²) in [5, 5.41) is 21.3. The largest absolute Gasteiger partial charge is 0.508 e. The number of amides is 1. The van der Waals surface area contributed by atoms with Crippen LogP contribution in [0.5, 0.6) is 23.0 Å². The molecule has 0 radical (unpaired) electrons. The van der Waals surface area contributed by atoms with Gasteiger partial charge >= 0.3 is 0 Å². The van der Waals surface area contributed by atoms with Crippen LogP contribution in [0.2, 0.25) is 0 Å². The van der Waals surface area contributed by atoms with E-state index in [-0.39, 0.29) is 23.6 Å². The van der Waals surface area contributed by atoms with Crippen LogP contribution in [-0.2, 0) is 16.1 Å². The van der Waals surface area contributed by atoms with E-state index in [1.807, 2.05) is 45.0 Å². The predicted octanol–water partition coefficient (Wildman–Crippen LogP) is 4.96. The minimum atomic E-state index is -0.897. The average Bonchev–Trinajstić information content (AvgIpc) is 3.13. The number of Topliss-reactive ketones (excluding diaryl/α,β-unsaturated/α-hetero) is 1. The normalized spacial score (nSPS) is 18.5. The first-order chi connectivity index (χ1) is 18.1. The Labute approximate surface area is 220 Å². The second-order valence-electron chi connectivity index (χ2n) is 10.2. The lowest BCUT2D eigenvalue weighted by Gasteiger charge is -2.28. The Morgan fingerprint density at radius 2 is 1.66 bits per heavy atom. The number of fused-ring (bicyclic) bond motifs is 1. The smallest absolute Gasteiger partial charge is 0.295 e.